The molecule has 0 atom stereocenters. The topological polar surface area (TPSA) is 110 Å². The van der Waals surface area contributed by atoms with Gasteiger partial charge in [0.25, 0.3) is 0 Å². The first-order valence-electron chi connectivity index (χ1n) is 10.7. The SMILES string of the molecule is CC(C)(C)c1ccc(O)c(C(C)(C)C)c1.OP(O)OP(O)O.c1ccc(-c2ccccc2)cc1. The molecule has 3 aromatic carbocycles. The van der Waals surface area contributed by atoms with Crippen LogP contribution in [-0.4, -0.2) is 24.7 Å². The van der Waals surface area contributed by atoms with E-state index in [4.69, 9.17) is 19.6 Å². The van der Waals surface area contributed by atoms with Crippen LogP contribution in [0.3, 0.4) is 0 Å². The highest BCUT2D eigenvalue weighted by Gasteiger charge is 2.21. The summed E-state index contributed by atoms with van der Waals surface area (Å²) in [5.74, 6) is 0.399. The van der Waals surface area contributed by atoms with E-state index in [1.165, 1.54) is 16.7 Å². The van der Waals surface area contributed by atoms with Crippen LogP contribution >= 0.6 is 17.2 Å². The van der Waals surface area contributed by atoms with Gasteiger partial charge < -0.3 is 24.7 Å². The minimum absolute atomic E-state index is 0.00859. The third kappa shape index (κ3) is 11.5. The van der Waals surface area contributed by atoms with Gasteiger partial charge in [0.1, 0.15) is 5.75 Å². The molecule has 0 aliphatic heterocycles. The van der Waals surface area contributed by atoms with Gasteiger partial charge in [-0.3, -0.25) is 0 Å². The Kier molecular flexibility index (Phi) is 12.3. The molecule has 0 saturated heterocycles. The van der Waals surface area contributed by atoms with Gasteiger partial charge in [0.2, 0.25) is 0 Å². The van der Waals surface area contributed by atoms with E-state index in [1.807, 2.05) is 18.2 Å². The molecule has 0 fully saturated rings. The number of phenols is 1. The van der Waals surface area contributed by atoms with E-state index >= 15 is 0 Å². The fourth-order valence-electron chi connectivity index (χ4n) is 2.93. The van der Waals surface area contributed by atoms with Gasteiger partial charge in [-0.05, 0) is 39.2 Å². The molecule has 0 amide bonds. The molecule has 0 heterocycles. The second-order valence-electron chi connectivity index (χ2n) is 9.55. The van der Waals surface area contributed by atoms with Crippen LogP contribution < -0.4 is 0 Å². The maximum absolute atomic E-state index is 9.84. The fourth-order valence-corrected chi connectivity index (χ4v) is 3.45. The van der Waals surface area contributed by atoms with E-state index < -0.39 is 17.2 Å². The van der Waals surface area contributed by atoms with Crippen LogP contribution in [0.5, 0.6) is 5.75 Å². The van der Waals surface area contributed by atoms with Crippen molar-refractivity contribution in [1.82, 2.24) is 0 Å². The normalized spacial score (nSPS) is 11.4. The predicted molar refractivity (Wildman–Crippen MR) is 141 cm³/mol. The van der Waals surface area contributed by atoms with Crippen molar-refractivity contribution in [2.24, 2.45) is 0 Å². The Morgan fingerprint density at radius 3 is 1.29 bits per heavy atom. The largest absolute Gasteiger partial charge is 0.508 e. The van der Waals surface area contributed by atoms with Gasteiger partial charge in [-0.2, -0.15) is 0 Å². The Hall–Kier alpha value is -1.88. The van der Waals surface area contributed by atoms with Gasteiger partial charge >= 0.3 is 17.2 Å². The van der Waals surface area contributed by atoms with Crippen molar-refractivity contribution in [3.63, 3.8) is 0 Å². The van der Waals surface area contributed by atoms with Crippen molar-refractivity contribution in [2.75, 3.05) is 0 Å². The molecule has 186 valence electrons. The van der Waals surface area contributed by atoms with E-state index in [1.54, 1.807) is 6.07 Å². The molecule has 0 saturated carbocycles. The molecule has 0 aromatic heterocycles. The molecular weight excluding hydrogens is 470 g/mol. The van der Waals surface area contributed by atoms with Crippen molar-refractivity contribution in [1.29, 1.82) is 0 Å². The maximum atomic E-state index is 9.84. The van der Waals surface area contributed by atoms with Crippen LogP contribution in [0.2, 0.25) is 0 Å². The van der Waals surface area contributed by atoms with Crippen molar-refractivity contribution in [3.05, 3.63) is 90.0 Å². The van der Waals surface area contributed by atoms with Crippen LogP contribution in [0.4, 0.5) is 0 Å². The molecule has 34 heavy (non-hydrogen) atoms. The van der Waals surface area contributed by atoms with Gasteiger partial charge in [0.15, 0.2) is 0 Å². The number of benzene rings is 3. The standard InChI is InChI=1S/C14H22O.C12H10.H4O5P2/c1-13(2,3)10-7-8-12(15)11(9-10)14(4,5)6;1-3-7-11(8-4-1)12-9-5-2-6-10-12;1-6(2)5-7(3)4/h7-9,15H,1-6H3;1-10H;1-4H. The fraction of sp³-hybridized carbons (Fsp3) is 0.308. The average molecular weight is 507 g/mol. The monoisotopic (exact) mass is 506 g/mol. The lowest BCUT2D eigenvalue weighted by molar-refractivity contribution is 0.324. The highest BCUT2D eigenvalue weighted by Crippen LogP contribution is 2.41. The molecule has 0 aliphatic carbocycles. The molecule has 5 N–H and O–H groups in total. The minimum atomic E-state index is -2.61. The van der Waals surface area contributed by atoms with E-state index in [2.05, 4.69) is 100 Å². The molecule has 6 nitrogen and oxygen atoms in total. The molecule has 0 unspecified atom stereocenters. The summed E-state index contributed by atoms with van der Waals surface area (Å²) in [6, 6.07) is 26.7. The Balaban J connectivity index is 0.000000272. The zero-order chi connectivity index (χ0) is 25.9. The average Bonchev–Trinajstić information content (AvgIpc) is 2.73. The minimum Gasteiger partial charge on any atom is -0.508 e. The van der Waals surface area contributed by atoms with Gasteiger partial charge in [-0.25, -0.2) is 4.31 Å². The number of hydrogen-bond donors (Lipinski definition) is 5. The molecule has 0 aliphatic rings. The summed E-state index contributed by atoms with van der Waals surface area (Å²) in [5.41, 5.74) is 4.97. The zero-order valence-corrected chi connectivity index (χ0v) is 22.3. The Labute approximate surface area is 205 Å². The third-order valence-corrected chi connectivity index (χ3v) is 5.87. The summed E-state index contributed by atoms with van der Waals surface area (Å²) in [7, 11) is -5.22. The van der Waals surface area contributed by atoms with E-state index in [9.17, 15) is 5.11 Å². The molecule has 8 heteroatoms. The van der Waals surface area contributed by atoms with Crippen molar-refractivity contribution in [3.8, 4) is 16.9 Å². The first-order valence-corrected chi connectivity index (χ1v) is 13.0. The van der Waals surface area contributed by atoms with Crippen LogP contribution in [-0.2, 0) is 15.1 Å². The van der Waals surface area contributed by atoms with E-state index in [-0.39, 0.29) is 10.8 Å². The maximum Gasteiger partial charge on any atom is 0.334 e. The second-order valence-corrected chi connectivity index (χ2v) is 11.2. The summed E-state index contributed by atoms with van der Waals surface area (Å²) >= 11 is 0. The predicted octanol–water partition coefficient (Wildman–Crippen LogP) is 6.77. The van der Waals surface area contributed by atoms with Crippen LogP contribution in [0.25, 0.3) is 11.1 Å². The summed E-state index contributed by atoms with van der Waals surface area (Å²) in [6.45, 7) is 12.9. The quantitative estimate of drug-likeness (QED) is 0.251. The van der Waals surface area contributed by atoms with E-state index in [0.29, 0.717) is 5.75 Å². The molecule has 3 aromatic rings. The highest BCUT2D eigenvalue weighted by molar-refractivity contribution is 7.53. The molecule has 0 spiro atoms. The van der Waals surface area contributed by atoms with Crippen molar-refractivity contribution >= 4 is 17.2 Å². The van der Waals surface area contributed by atoms with Crippen molar-refractivity contribution < 1.29 is 29.0 Å². The molecule has 0 radical (unpaired) electrons. The van der Waals surface area contributed by atoms with E-state index in [0.717, 1.165) is 5.56 Å². The molecular formula is C26H36O6P2. The van der Waals surface area contributed by atoms with Gasteiger partial charge in [0, 0.05) is 0 Å². The van der Waals surface area contributed by atoms with Crippen molar-refractivity contribution in [2.45, 2.75) is 52.4 Å². The van der Waals surface area contributed by atoms with Gasteiger partial charge in [0.05, 0.1) is 0 Å². The van der Waals surface area contributed by atoms with Crippen LogP contribution in [0, 0.1) is 0 Å². The summed E-state index contributed by atoms with van der Waals surface area (Å²) in [5, 5.41) is 9.84. The summed E-state index contributed by atoms with van der Waals surface area (Å²) < 4.78 is 3.60. The number of phenolic OH excluding ortho intramolecular Hbond substituents is 1. The lowest BCUT2D eigenvalue weighted by Crippen LogP contribution is -2.16. The third-order valence-electron chi connectivity index (χ3n) is 4.70. The molecule has 3 rings (SSSR count). The van der Waals surface area contributed by atoms with Gasteiger partial charge in [-0.1, -0.05) is 114 Å². The second kappa shape index (κ2) is 13.9. The van der Waals surface area contributed by atoms with Crippen LogP contribution in [0.1, 0.15) is 52.7 Å². The first kappa shape index (κ1) is 30.2. The van der Waals surface area contributed by atoms with Gasteiger partial charge in [-0.15, -0.1) is 0 Å². The number of aromatic hydroxyl groups is 1. The molecule has 0 bridgehead atoms. The Morgan fingerprint density at radius 2 is 1.00 bits per heavy atom. The summed E-state index contributed by atoms with van der Waals surface area (Å²) in [6.07, 6.45) is 0. The number of rotatable bonds is 3. The first-order chi connectivity index (χ1) is 15.7. The smallest absolute Gasteiger partial charge is 0.334 e. The number of hydrogen-bond acceptors (Lipinski definition) is 6. The zero-order valence-electron chi connectivity index (χ0n) is 20.5. The summed E-state index contributed by atoms with van der Waals surface area (Å²) in [4.78, 5) is 31.3. The Morgan fingerprint density at radius 1 is 0.588 bits per heavy atom. The highest BCUT2D eigenvalue weighted by atomic mass is 31.2. The van der Waals surface area contributed by atoms with Crippen LogP contribution in [0.15, 0.2) is 78.9 Å². The lowest BCUT2D eigenvalue weighted by Gasteiger charge is -2.25. The Bertz CT molecular complexity index is 923. The lowest BCUT2D eigenvalue weighted by atomic mass is 9.80.